The third-order valence-electron chi connectivity index (χ3n) is 3.35. The first-order chi connectivity index (χ1) is 8.72. The molecule has 2 aliphatic rings. The van der Waals surface area contributed by atoms with Crippen molar-refractivity contribution >= 4 is 5.97 Å². The van der Waals surface area contributed by atoms with E-state index in [2.05, 4.69) is 0 Å². The SMILES string of the molecule is CCOC1=CCCC(OC2CCCC2)=C1C(=O)O. The van der Waals surface area contributed by atoms with Crippen LogP contribution in [-0.2, 0) is 14.3 Å². The molecule has 100 valence electrons. The van der Waals surface area contributed by atoms with E-state index < -0.39 is 5.97 Å². The van der Waals surface area contributed by atoms with Gasteiger partial charge in [0.25, 0.3) is 0 Å². The van der Waals surface area contributed by atoms with Gasteiger partial charge in [-0.3, -0.25) is 0 Å². The van der Waals surface area contributed by atoms with Crippen LogP contribution in [0.4, 0.5) is 0 Å². The Labute approximate surface area is 107 Å². The molecule has 1 fully saturated rings. The number of rotatable bonds is 5. The first kappa shape index (κ1) is 13.0. The molecular weight excluding hydrogens is 232 g/mol. The molecule has 2 aliphatic carbocycles. The third kappa shape index (κ3) is 2.86. The molecule has 1 saturated carbocycles. The first-order valence-electron chi connectivity index (χ1n) is 6.68. The molecule has 0 radical (unpaired) electrons. The monoisotopic (exact) mass is 252 g/mol. The van der Waals surface area contributed by atoms with E-state index >= 15 is 0 Å². The van der Waals surface area contributed by atoms with Crippen molar-refractivity contribution in [2.24, 2.45) is 0 Å². The molecule has 0 saturated heterocycles. The molecule has 18 heavy (non-hydrogen) atoms. The smallest absolute Gasteiger partial charge is 0.342 e. The predicted molar refractivity (Wildman–Crippen MR) is 66.9 cm³/mol. The van der Waals surface area contributed by atoms with Crippen molar-refractivity contribution in [3.05, 3.63) is 23.2 Å². The molecule has 0 atom stereocenters. The average molecular weight is 252 g/mol. The lowest BCUT2D eigenvalue weighted by molar-refractivity contribution is -0.133. The summed E-state index contributed by atoms with van der Waals surface area (Å²) in [6.45, 7) is 2.33. The highest BCUT2D eigenvalue weighted by atomic mass is 16.5. The Hall–Kier alpha value is -1.45. The van der Waals surface area contributed by atoms with Crippen LogP contribution in [0.5, 0.6) is 0 Å². The van der Waals surface area contributed by atoms with Gasteiger partial charge in [0.15, 0.2) is 0 Å². The minimum atomic E-state index is -0.956. The van der Waals surface area contributed by atoms with Gasteiger partial charge in [0.2, 0.25) is 0 Å². The molecule has 0 bridgehead atoms. The topological polar surface area (TPSA) is 55.8 Å². The van der Waals surface area contributed by atoms with E-state index in [4.69, 9.17) is 9.47 Å². The summed E-state index contributed by atoms with van der Waals surface area (Å²) in [6.07, 6.45) is 7.89. The molecule has 4 nitrogen and oxygen atoms in total. The Morgan fingerprint density at radius 3 is 2.78 bits per heavy atom. The summed E-state index contributed by atoms with van der Waals surface area (Å²) < 4.78 is 11.3. The van der Waals surface area contributed by atoms with Crippen molar-refractivity contribution in [1.82, 2.24) is 0 Å². The largest absolute Gasteiger partial charge is 0.494 e. The molecule has 0 amide bonds. The zero-order valence-corrected chi connectivity index (χ0v) is 10.8. The molecule has 0 spiro atoms. The second kappa shape index (κ2) is 5.94. The second-order valence-corrected chi connectivity index (χ2v) is 4.67. The normalized spacial score (nSPS) is 20.8. The van der Waals surface area contributed by atoms with Gasteiger partial charge in [0.1, 0.15) is 17.1 Å². The van der Waals surface area contributed by atoms with E-state index in [1.165, 1.54) is 12.8 Å². The zero-order valence-electron chi connectivity index (χ0n) is 10.8. The van der Waals surface area contributed by atoms with Gasteiger partial charge in [-0.1, -0.05) is 0 Å². The van der Waals surface area contributed by atoms with Crippen LogP contribution in [0, 0.1) is 0 Å². The third-order valence-corrected chi connectivity index (χ3v) is 3.35. The van der Waals surface area contributed by atoms with Gasteiger partial charge in [-0.25, -0.2) is 4.79 Å². The summed E-state index contributed by atoms with van der Waals surface area (Å²) in [5.41, 5.74) is 0.218. The summed E-state index contributed by atoms with van der Waals surface area (Å²) in [6, 6.07) is 0. The number of carboxylic acid groups (broad SMARTS) is 1. The van der Waals surface area contributed by atoms with E-state index in [1.807, 2.05) is 13.0 Å². The lowest BCUT2D eigenvalue weighted by atomic mass is 10.0. The number of carboxylic acids is 1. The number of carbonyl (C=O) groups is 1. The number of hydrogen-bond donors (Lipinski definition) is 1. The van der Waals surface area contributed by atoms with Gasteiger partial charge in [-0.15, -0.1) is 0 Å². The minimum absolute atomic E-state index is 0.190. The quantitative estimate of drug-likeness (QED) is 0.817. The lowest BCUT2D eigenvalue weighted by Crippen LogP contribution is -2.17. The van der Waals surface area contributed by atoms with E-state index in [1.54, 1.807) is 0 Å². The van der Waals surface area contributed by atoms with E-state index in [-0.39, 0.29) is 11.7 Å². The molecule has 0 aromatic carbocycles. The number of aliphatic carboxylic acids is 1. The second-order valence-electron chi connectivity index (χ2n) is 4.67. The average Bonchev–Trinajstić information content (AvgIpc) is 2.82. The van der Waals surface area contributed by atoms with Crippen molar-refractivity contribution in [2.45, 2.75) is 51.6 Å². The lowest BCUT2D eigenvalue weighted by Gasteiger charge is -2.22. The Bertz CT molecular complexity index is 375. The highest BCUT2D eigenvalue weighted by Gasteiger charge is 2.27. The van der Waals surface area contributed by atoms with E-state index in [0.717, 1.165) is 19.3 Å². The van der Waals surface area contributed by atoms with E-state index in [9.17, 15) is 9.90 Å². The molecule has 2 rings (SSSR count). The minimum Gasteiger partial charge on any atom is -0.494 e. The van der Waals surface area contributed by atoms with Crippen LogP contribution in [0.2, 0.25) is 0 Å². The fourth-order valence-corrected chi connectivity index (χ4v) is 2.54. The van der Waals surface area contributed by atoms with Gasteiger partial charge in [0, 0.05) is 6.42 Å². The van der Waals surface area contributed by atoms with Crippen LogP contribution in [0.1, 0.15) is 45.4 Å². The zero-order chi connectivity index (χ0) is 13.0. The van der Waals surface area contributed by atoms with E-state index in [0.29, 0.717) is 24.5 Å². The Kier molecular flexibility index (Phi) is 4.28. The van der Waals surface area contributed by atoms with Crippen molar-refractivity contribution in [1.29, 1.82) is 0 Å². The molecule has 0 unspecified atom stereocenters. The maximum atomic E-state index is 11.4. The Morgan fingerprint density at radius 2 is 2.17 bits per heavy atom. The maximum absolute atomic E-state index is 11.4. The van der Waals surface area contributed by atoms with Gasteiger partial charge in [0.05, 0.1) is 12.7 Å². The van der Waals surface area contributed by atoms with Crippen LogP contribution in [-0.4, -0.2) is 23.8 Å². The summed E-state index contributed by atoms with van der Waals surface area (Å²) in [5, 5.41) is 9.32. The molecule has 0 aromatic heterocycles. The molecule has 0 aromatic rings. The van der Waals surface area contributed by atoms with Gasteiger partial charge < -0.3 is 14.6 Å². The summed E-state index contributed by atoms with van der Waals surface area (Å²) >= 11 is 0. The molecule has 0 aliphatic heterocycles. The first-order valence-corrected chi connectivity index (χ1v) is 6.68. The Morgan fingerprint density at radius 1 is 1.44 bits per heavy atom. The van der Waals surface area contributed by atoms with Crippen LogP contribution in [0.3, 0.4) is 0 Å². The number of ether oxygens (including phenoxy) is 2. The van der Waals surface area contributed by atoms with Crippen LogP contribution >= 0.6 is 0 Å². The van der Waals surface area contributed by atoms with Crippen molar-refractivity contribution in [3.8, 4) is 0 Å². The van der Waals surface area contributed by atoms with Crippen LogP contribution < -0.4 is 0 Å². The molecule has 1 N–H and O–H groups in total. The fraction of sp³-hybridized carbons (Fsp3) is 0.643. The van der Waals surface area contributed by atoms with Gasteiger partial charge >= 0.3 is 5.97 Å². The fourth-order valence-electron chi connectivity index (χ4n) is 2.54. The molecular formula is C14H20O4. The van der Waals surface area contributed by atoms with Crippen LogP contribution in [0.25, 0.3) is 0 Å². The van der Waals surface area contributed by atoms with Crippen molar-refractivity contribution in [3.63, 3.8) is 0 Å². The number of allylic oxidation sites excluding steroid dienone is 2. The standard InChI is InChI=1S/C14H20O4/c1-2-17-11-8-5-9-12(13(11)14(15)16)18-10-6-3-4-7-10/h8,10H,2-7,9H2,1H3,(H,15,16). The summed E-state index contributed by atoms with van der Waals surface area (Å²) in [4.78, 5) is 11.4. The van der Waals surface area contributed by atoms with Crippen molar-refractivity contribution < 1.29 is 19.4 Å². The Balaban J connectivity index is 2.18. The van der Waals surface area contributed by atoms with Gasteiger partial charge in [-0.2, -0.15) is 0 Å². The van der Waals surface area contributed by atoms with Crippen LogP contribution in [0.15, 0.2) is 23.2 Å². The molecule has 0 heterocycles. The molecule has 4 heteroatoms. The maximum Gasteiger partial charge on any atom is 0.342 e. The highest BCUT2D eigenvalue weighted by molar-refractivity contribution is 5.92. The summed E-state index contributed by atoms with van der Waals surface area (Å²) in [5.74, 6) is 0.104. The number of hydrogen-bond acceptors (Lipinski definition) is 3. The predicted octanol–water partition coefficient (Wildman–Crippen LogP) is 3.00. The summed E-state index contributed by atoms with van der Waals surface area (Å²) in [7, 11) is 0. The van der Waals surface area contributed by atoms with Gasteiger partial charge in [-0.05, 0) is 45.1 Å². The van der Waals surface area contributed by atoms with Crippen molar-refractivity contribution in [2.75, 3.05) is 6.61 Å². The highest BCUT2D eigenvalue weighted by Crippen LogP contribution is 2.31.